The lowest BCUT2D eigenvalue weighted by atomic mass is 9.90. The van der Waals surface area contributed by atoms with E-state index in [4.69, 9.17) is 9.57 Å². The fraction of sp³-hybridized carbons (Fsp3) is 0.200. The minimum absolute atomic E-state index is 0.00631. The molecule has 32 heavy (non-hydrogen) atoms. The van der Waals surface area contributed by atoms with Crippen molar-refractivity contribution in [3.05, 3.63) is 83.9 Å². The topological polar surface area (TPSA) is 79.3 Å². The molecule has 1 N–H and O–H groups in total. The molecule has 7 nitrogen and oxygen atoms in total. The number of aromatic hydroxyl groups is 1. The third kappa shape index (κ3) is 3.09. The molecule has 2 saturated heterocycles. The molecule has 0 bridgehead atoms. The van der Waals surface area contributed by atoms with E-state index in [2.05, 4.69) is 0 Å². The highest BCUT2D eigenvalue weighted by molar-refractivity contribution is 6.24. The predicted octanol–water partition coefficient (Wildman–Crippen LogP) is 3.76. The van der Waals surface area contributed by atoms with Gasteiger partial charge in [0, 0.05) is 0 Å². The van der Waals surface area contributed by atoms with Crippen LogP contribution < -0.4 is 14.7 Å². The van der Waals surface area contributed by atoms with Gasteiger partial charge < -0.3 is 9.84 Å². The Morgan fingerprint density at radius 1 is 0.906 bits per heavy atom. The molecule has 2 aliphatic rings. The molecule has 3 atom stereocenters. The molecule has 0 spiro atoms. The Hall–Kier alpha value is -3.84. The normalized spacial score (nSPS) is 22.4. The molecule has 0 unspecified atom stereocenters. The van der Waals surface area contributed by atoms with Crippen molar-refractivity contribution in [1.29, 1.82) is 0 Å². The Bertz CT molecular complexity index is 1200. The van der Waals surface area contributed by atoms with E-state index in [0.29, 0.717) is 11.3 Å². The summed E-state index contributed by atoms with van der Waals surface area (Å²) in [5.41, 5.74) is 2.91. The molecule has 0 radical (unpaired) electrons. The summed E-state index contributed by atoms with van der Waals surface area (Å²) in [7, 11) is 1.46. The summed E-state index contributed by atoms with van der Waals surface area (Å²) >= 11 is 0. The molecule has 2 aliphatic heterocycles. The van der Waals surface area contributed by atoms with Crippen LogP contribution in [0.4, 0.5) is 11.4 Å². The van der Waals surface area contributed by atoms with Crippen molar-refractivity contribution in [1.82, 2.24) is 0 Å². The summed E-state index contributed by atoms with van der Waals surface area (Å²) in [5, 5.41) is 11.7. The molecule has 0 aliphatic carbocycles. The number of methoxy groups -OCH3 is 1. The number of amides is 2. The maximum atomic E-state index is 13.6. The molecule has 5 rings (SSSR count). The van der Waals surface area contributed by atoms with E-state index >= 15 is 0 Å². The number of hydrogen-bond acceptors (Lipinski definition) is 6. The van der Waals surface area contributed by atoms with Crippen LogP contribution in [-0.4, -0.2) is 30.1 Å². The van der Waals surface area contributed by atoms with Crippen molar-refractivity contribution in [2.45, 2.75) is 19.1 Å². The Morgan fingerprint density at radius 2 is 1.66 bits per heavy atom. The van der Waals surface area contributed by atoms with E-state index < -0.39 is 18.1 Å². The molecule has 0 saturated carbocycles. The molecule has 3 aromatic rings. The lowest BCUT2D eigenvalue weighted by molar-refractivity contribution is -0.126. The van der Waals surface area contributed by atoms with Crippen LogP contribution in [0.5, 0.6) is 11.5 Å². The number of phenolic OH excluding ortho intramolecular Hbond substituents is 1. The quantitative estimate of drug-likeness (QED) is 0.635. The van der Waals surface area contributed by atoms with Gasteiger partial charge in [-0.3, -0.25) is 14.4 Å². The molecule has 162 valence electrons. The van der Waals surface area contributed by atoms with Crippen molar-refractivity contribution in [3.63, 3.8) is 0 Å². The number of carbonyl (C=O) groups excluding carboxylic acids is 2. The van der Waals surface area contributed by atoms with E-state index in [1.165, 1.54) is 18.1 Å². The van der Waals surface area contributed by atoms with E-state index in [1.807, 2.05) is 55.5 Å². The molecule has 3 aromatic carbocycles. The summed E-state index contributed by atoms with van der Waals surface area (Å²) in [6, 6.07) is 21.0. The van der Waals surface area contributed by atoms with Crippen LogP contribution in [-0.2, 0) is 14.4 Å². The van der Waals surface area contributed by atoms with E-state index in [1.54, 1.807) is 23.3 Å². The zero-order valence-electron chi connectivity index (χ0n) is 17.6. The van der Waals surface area contributed by atoms with E-state index in [-0.39, 0.29) is 23.3 Å². The van der Waals surface area contributed by atoms with Crippen molar-refractivity contribution in [2.75, 3.05) is 17.1 Å². The average Bonchev–Trinajstić information content (AvgIpc) is 3.31. The van der Waals surface area contributed by atoms with Crippen LogP contribution in [0.3, 0.4) is 0 Å². The fourth-order valence-electron chi connectivity index (χ4n) is 4.45. The maximum Gasteiger partial charge on any atom is 0.266 e. The van der Waals surface area contributed by atoms with Crippen molar-refractivity contribution < 1.29 is 24.3 Å². The number of benzene rings is 3. The number of hydrogen-bond donors (Lipinski definition) is 1. The number of rotatable bonds is 4. The summed E-state index contributed by atoms with van der Waals surface area (Å²) in [6.45, 7) is 1.91. The van der Waals surface area contributed by atoms with Gasteiger partial charge in [-0.2, -0.15) is 0 Å². The minimum Gasteiger partial charge on any atom is -0.504 e. The Morgan fingerprint density at radius 3 is 2.38 bits per heavy atom. The molecule has 2 heterocycles. The predicted molar refractivity (Wildman–Crippen MR) is 118 cm³/mol. The van der Waals surface area contributed by atoms with E-state index in [0.717, 1.165) is 11.3 Å². The first-order valence-electron chi connectivity index (χ1n) is 10.3. The molecular weight excluding hydrogens is 408 g/mol. The average molecular weight is 430 g/mol. The van der Waals surface area contributed by atoms with Crippen molar-refractivity contribution >= 4 is 23.2 Å². The summed E-state index contributed by atoms with van der Waals surface area (Å²) in [5.74, 6) is -1.18. The first-order chi connectivity index (χ1) is 15.5. The third-order valence-electron chi connectivity index (χ3n) is 5.93. The van der Waals surface area contributed by atoms with E-state index in [9.17, 15) is 14.7 Å². The Labute approximate surface area is 185 Å². The van der Waals surface area contributed by atoms with Gasteiger partial charge in [-0.25, -0.2) is 9.96 Å². The number of ether oxygens (including phenoxy) is 1. The molecule has 7 heteroatoms. The zero-order chi connectivity index (χ0) is 22.4. The lowest BCUT2D eigenvalue weighted by Gasteiger charge is -2.29. The number of phenols is 1. The first-order valence-corrected chi connectivity index (χ1v) is 10.3. The Kier molecular flexibility index (Phi) is 4.83. The fourth-order valence-corrected chi connectivity index (χ4v) is 4.45. The van der Waals surface area contributed by atoms with Crippen LogP contribution in [0.15, 0.2) is 72.8 Å². The van der Waals surface area contributed by atoms with Gasteiger partial charge >= 0.3 is 0 Å². The van der Waals surface area contributed by atoms with Crippen molar-refractivity contribution in [3.8, 4) is 11.5 Å². The van der Waals surface area contributed by atoms with Crippen LogP contribution in [0.1, 0.15) is 17.2 Å². The van der Waals surface area contributed by atoms with Gasteiger partial charge in [0.25, 0.3) is 5.91 Å². The maximum absolute atomic E-state index is 13.6. The SMILES string of the molecule is COc1cc([C@@H]2[C@@H]3C(=O)N(c4cccc(C)c4)C(=O)[C@H]3ON2c2ccccc2)ccc1O. The van der Waals surface area contributed by atoms with Gasteiger partial charge in [0.2, 0.25) is 5.91 Å². The van der Waals surface area contributed by atoms with Crippen molar-refractivity contribution in [2.24, 2.45) is 5.92 Å². The van der Waals surface area contributed by atoms with Gasteiger partial charge in [0.1, 0.15) is 5.92 Å². The molecule has 2 fully saturated rings. The number of carbonyl (C=O) groups is 2. The zero-order valence-corrected chi connectivity index (χ0v) is 17.6. The standard InChI is InChI=1S/C25H22N2O5/c1-15-7-6-10-18(13-15)26-24(29)21-22(16-11-12-19(28)20(14-16)31-2)27(32-23(21)25(26)30)17-8-4-3-5-9-17/h3-14,21-23,28H,1-2H3/t21-,22+,23-/m0/s1. The largest absolute Gasteiger partial charge is 0.504 e. The number of fused-ring (bicyclic) bond motifs is 1. The number of hydroxylamine groups is 1. The summed E-state index contributed by atoms with van der Waals surface area (Å²) in [6.07, 6.45) is -0.951. The number of para-hydroxylation sites is 1. The molecular formula is C25H22N2O5. The van der Waals surface area contributed by atoms with Crippen LogP contribution in [0.25, 0.3) is 0 Å². The highest BCUT2D eigenvalue weighted by Gasteiger charge is 2.60. The van der Waals surface area contributed by atoms with Crippen LogP contribution in [0, 0.1) is 12.8 Å². The minimum atomic E-state index is -0.951. The monoisotopic (exact) mass is 430 g/mol. The highest BCUT2D eigenvalue weighted by Crippen LogP contribution is 2.48. The number of imide groups is 1. The number of aryl methyl sites for hydroxylation is 1. The Balaban J connectivity index is 1.61. The molecule has 0 aromatic heterocycles. The second kappa shape index (κ2) is 7.69. The second-order valence-corrected chi connectivity index (χ2v) is 7.94. The van der Waals surface area contributed by atoms with Crippen LogP contribution >= 0.6 is 0 Å². The summed E-state index contributed by atoms with van der Waals surface area (Å²) < 4.78 is 5.28. The third-order valence-corrected chi connectivity index (χ3v) is 5.93. The number of nitrogens with zero attached hydrogens (tertiary/aromatic N) is 2. The second-order valence-electron chi connectivity index (χ2n) is 7.94. The van der Waals surface area contributed by atoms with Gasteiger partial charge in [-0.05, 0) is 54.4 Å². The highest BCUT2D eigenvalue weighted by atomic mass is 16.7. The summed E-state index contributed by atoms with van der Waals surface area (Å²) in [4.78, 5) is 34.3. The van der Waals surface area contributed by atoms with Crippen LogP contribution in [0.2, 0.25) is 0 Å². The van der Waals surface area contributed by atoms with Gasteiger partial charge in [0.05, 0.1) is 24.5 Å². The van der Waals surface area contributed by atoms with Gasteiger partial charge in [-0.15, -0.1) is 0 Å². The number of anilines is 2. The van der Waals surface area contributed by atoms with Gasteiger partial charge in [-0.1, -0.05) is 36.4 Å². The van der Waals surface area contributed by atoms with Gasteiger partial charge in [0.15, 0.2) is 17.6 Å². The molecule has 2 amide bonds. The smallest absolute Gasteiger partial charge is 0.266 e. The lowest BCUT2D eigenvalue weighted by Crippen LogP contribution is -2.37. The first kappa shape index (κ1) is 20.1.